The molecule has 0 saturated carbocycles. The van der Waals surface area contributed by atoms with E-state index in [0.717, 1.165) is 16.9 Å². The van der Waals surface area contributed by atoms with E-state index >= 15 is 0 Å². The summed E-state index contributed by atoms with van der Waals surface area (Å²) in [4.78, 5) is 0. The molecule has 2 atom stereocenters. The smallest absolute Gasteiger partial charge is 0.119 e. The Hall–Kier alpha value is -1.84. The van der Waals surface area contributed by atoms with E-state index in [4.69, 9.17) is 10.5 Å². The Kier molecular flexibility index (Phi) is 4.55. The van der Waals surface area contributed by atoms with Crippen LogP contribution >= 0.6 is 0 Å². The molecule has 0 fully saturated rings. The van der Waals surface area contributed by atoms with Gasteiger partial charge in [-0.05, 0) is 30.2 Å². The zero-order valence-corrected chi connectivity index (χ0v) is 11.0. The minimum atomic E-state index is -0.636. The lowest BCUT2D eigenvalue weighted by Crippen LogP contribution is -2.24. The Bertz CT molecular complexity index is 494. The maximum atomic E-state index is 9.83. The summed E-state index contributed by atoms with van der Waals surface area (Å²) in [6, 6.07) is 17.1. The van der Waals surface area contributed by atoms with Crippen LogP contribution in [0, 0.1) is 0 Å². The third-order valence-electron chi connectivity index (χ3n) is 2.97. The van der Waals surface area contributed by atoms with Crippen molar-refractivity contribution in [2.45, 2.75) is 25.7 Å². The van der Waals surface area contributed by atoms with Gasteiger partial charge in [-0.25, -0.2) is 0 Å². The molecule has 0 unspecified atom stereocenters. The number of ether oxygens (including phenoxy) is 1. The minimum Gasteiger partial charge on any atom is -0.489 e. The van der Waals surface area contributed by atoms with Crippen molar-refractivity contribution in [3.63, 3.8) is 0 Å². The standard InChI is InChI=1S/C16H19NO2/c1-12(17)16(18)14-7-9-15(10-8-14)19-11-13-5-3-2-4-6-13/h2-10,12,16,18H,11,17H2,1H3/t12-,16-/m1/s1. The van der Waals surface area contributed by atoms with Crippen molar-refractivity contribution in [2.24, 2.45) is 5.73 Å². The van der Waals surface area contributed by atoms with Gasteiger partial charge in [0.15, 0.2) is 0 Å². The lowest BCUT2D eigenvalue weighted by atomic mass is 10.0. The summed E-state index contributed by atoms with van der Waals surface area (Å²) < 4.78 is 5.67. The molecule has 100 valence electrons. The van der Waals surface area contributed by atoms with E-state index in [2.05, 4.69) is 0 Å². The van der Waals surface area contributed by atoms with Gasteiger partial charge in [-0.1, -0.05) is 42.5 Å². The molecule has 3 N–H and O–H groups in total. The lowest BCUT2D eigenvalue weighted by molar-refractivity contribution is 0.153. The topological polar surface area (TPSA) is 55.5 Å². The van der Waals surface area contributed by atoms with E-state index in [9.17, 15) is 5.11 Å². The van der Waals surface area contributed by atoms with E-state index in [1.807, 2.05) is 54.6 Å². The van der Waals surface area contributed by atoms with Crippen LogP contribution in [0.15, 0.2) is 54.6 Å². The molecule has 0 saturated heterocycles. The van der Waals surface area contributed by atoms with Gasteiger partial charge in [0.2, 0.25) is 0 Å². The summed E-state index contributed by atoms with van der Waals surface area (Å²) in [5, 5.41) is 9.83. The highest BCUT2D eigenvalue weighted by molar-refractivity contribution is 5.29. The highest BCUT2D eigenvalue weighted by Crippen LogP contribution is 2.20. The van der Waals surface area contributed by atoms with Crippen LogP contribution in [0.25, 0.3) is 0 Å². The van der Waals surface area contributed by atoms with Crippen LogP contribution in [-0.4, -0.2) is 11.1 Å². The zero-order chi connectivity index (χ0) is 13.7. The number of rotatable bonds is 5. The Morgan fingerprint density at radius 2 is 1.68 bits per heavy atom. The van der Waals surface area contributed by atoms with Gasteiger partial charge in [-0.2, -0.15) is 0 Å². The van der Waals surface area contributed by atoms with Crippen LogP contribution in [0.5, 0.6) is 5.75 Å². The Morgan fingerprint density at radius 3 is 2.26 bits per heavy atom. The number of nitrogens with two attached hydrogens (primary N) is 1. The number of aliphatic hydroxyl groups is 1. The number of hydrogen-bond donors (Lipinski definition) is 2. The van der Waals surface area contributed by atoms with E-state index in [1.54, 1.807) is 6.92 Å². The van der Waals surface area contributed by atoms with Crippen molar-refractivity contribution in [2.75, 3.05) is 0 Å². The van der Waals surface area contributed by atoms with E-state index in [-0.39, 0.29) is 6.04 Å². The fraction of sp³-hybridized carbons (Fsp3) is 0.250. The normalized spacial score (nSPS) is 13.8. The van der Waals surface area contributed by atoms with Crippen LogP contribution in [0.2, 0.25) is 0 Å². The van der Waals surface area contributed by atoms with Gasteiger partial charge < -0.3 is 15.6 Å². The predicted molar refractivity (Wildman–Crippen MR) is 75.8 cm³/mol. The zero-order valence-electron chi connectivity index (χ0n) is 11.0. The average Bonchev–Trinajstić information content (AvgIpc) is 2.46. The molecule has 0 aliphatic carbocycles. The largest absolute Gasteiger partial charge is 0.489 e. The maximum Gasteiger partial charge on any atom is 0.119 e. The van der Waals surface area contributed by atoms with Crippen molar-refractivity contribution >= 4 is 0 Å². The van der Waals surface area contributed by atoms with E-state index in [0.29, 0.717) is 6.61 Å². The van der Waals surface area contributed by atoms with Crippen LogP contribution < -0.4 is 10.5 Å². The third-order valence-corrected chi connectivity index (χ3v) is 2.97. The first-order chi connectivity index (χ1) is 9.16. The fourth-order valence-electron chi connectivity index (χ4n) is 1.81. The van der Waals surface area contributed by atoms with Gasteiger partial charge in [-0.15, -0.1) is 0 Å². The van der Waals surface area contributed by atoms with Crippen molar-refractivity contribution in [3.05, 3.63) is 65.7 Å². The summed E-state index contributed by atoms with van der Waals surface area (Å²) in [5.74, 6) is 0.782. The van der Waals surface area contributed by atoms with Crippen LogP contribution in [0.4, 0.5) is 0 Å². The van der Waals surface area contributed by atoms with Gasteiger partial charge in [0.05, 0.1) is 6.10 Å². The molecule has 0 radical (unpaired) electrons. The fourth-order valence-corrected chi connectivity index (χ4v) is 1.81. The molecule has 0 aromatic heterocycles. The van der Waals surface area contributed by atoms with Gasteiger partial charge in [-0.3, -0.25) is 0 Å². The molecule has 3 nitrogen and oxygen atoms in total. The second-order valence-corrected chi connectivity index (χ2v) is 4.65. The highest BCUT2D eigenvalue weighted by Gasteiger charge is 2.11. The van der Waals surface area contributed by atoms with E-state index in [1.165, 1.54) is 0 Å². The number of aliphatic hydroxyl groups excluding tert-OH is 1. The van der Waals surface area contributed by atoms with Crippen LogP contribution in [-0.2, 0) is 6.61 Å². The molecular formula is C16H19NO2. The van der Waals surface area contributed by atoms with Crippen molar-refractivity contribution < 1.29 is 9.84 Å². The quantitative estimate of drug-likeness (QED) is 0.865. The van der Waals surface area contributed by atoms with Crippen molar-refractivity contribution in [1.29, 1.82) is 0 Å². The second kappa shape index (κ2) is 6.36. The van der Waals surface area contributed by atoms with Crippen molar-refractivity contribution in [1.82, 2.24) is 0 Å². The van der Waals surface area contributed by atoms with Gasteiger partial charge in [0.1, 0.15) is 12.4 Å². The highest BCUT2D eigenvalue weighted by atomic mass is 16.5. The first kappa shape index (κ1) is 13.6. The van der Waals surface area contributed by atoms with Crippen LogP contribution in [0.1, 0.15) is 24.2 Å². The molecule has 3 heteroatoms. The van der Waals surface area contributed by atoms with Crippen molar-refractivity contribution in [3.8, 4) is 5.75 Å². The molecular weight excluding hydrogens is 238 g/mol. The average molecular weight is 257 g/mol. The molecule has 0 aliphatic rings. The predicted octanol–water partition coefficient (Wildman–Crippen LogP) is 2.65. The Labute approximate surface area is 113 Å². The lowest BCUT2D eigenvalue weighted by Gasteiger charge is -2.15. The molecule has 19 heavy (non-hydrogen) atoms. The molecule has 0 amide bonds. The molecule has 2 aromatic carbocycles. The van der Waals surface area contributed by atoms with Crippen LogP contribution in [0.3, 0.4) is 0 Å². The molecule has 2 aromatic rings. The summed E-state index contributed by atoms with van der Waals surface area (Å²) in [6.45, 7) is 2.32. The molecule has 0 heterocycles. The maximum absolute atomic E-state index is 9.83. The first-order valence-corrected chi connectivity index (χ1v) is 6.37. The number of hydrogen-bond acceptors (Lipinski definition) is 3. The first-order valence-electron chi connectivity index (χ1n) is 6.37. The minimum absolute atomic E-state index is 0.281. The summed E-state index contributed by atoms with van der Waals surface area (Å²) in [6.07, 6.45) is -0.636. The van der Waals surface area contributed by atoms with Gasteiger partial charge in [0.25, 0.3) is 0 Å². The van der Waals surface area contributed by atoms with E-state index < -0.39 is 6.10 Å². The SMILES string of the molecule is C[C@@H](N)[C@@H](O)c1ccc(OCc2ccccc2)cc1. The number of benzene rings is 2. The summed E-state index contributed by atoms with van der Waals surface area (Å²) in [5.41, 5.74) is 7.59. The molecule has 0 aliphatic heterocycles. The van der Waals surface area contributed by atoms with Gasteiger partial charge in [0, 0.05) is 6.04 Å². The Morgan fingerprint density at radius 1 is 1.05 bits per heavy atom. The molecule has 0 bridgehead atoms. The molecule has 0 spiro atoms. The summed E-state index contributed by atoms with van der Waals surface area (Å²) in [7, 11) is 0. The second-order valence-electron chi connectivity index (χ2n) is 4.65. The monoisotopic (exact) mass is 257 g/mol. The molecule has 2 rings (SSSR count). The van der Waals surface area contributed by atoms with Gasteiger partial charge >= 0.3 is 0 Å². The summed E-state index contributed by atoms with van der Waals surface area (Å²) >= 11 is 0. The Balaban J connectivity index is 1.96. The third kappa shape index (κ3) is 3.81.